The van der Waals surface area contributed by atoms with Crippen LogP contribution in [-0.2, 0) is 11.3 Å². The van der Waals surface area contributed by atoms with Crippen LogP contribution < -0.4 is 24.8 Å². The van der Waals surface area contributed by atoms with Gasteiger partial charge in [-0.1, -0.05) is 11.6 Å². The summed E-state index contributed by atoms with van der Waals surface area (Å²) >= 11 is 6.24. The largest absolute Gasteiger partial charge is 0.462 e. The Bertz CT molecular complexity index is 1600. The molecule has 0 bridgehead atoms. The lowest BCUT2D eigenvalue weighted by atomic mass is 10.2. The molecule has 1 aliphatic heterocycles. The van der Waals surface area contributed by atoms with Crippen molar-refractivity contribution in [3.05, 3.63) is 83.0 Å². The number of rotatable bonds is 9. The molecule has 40 heavy (non-hydrogen) atoms. The molecule has 0 saturated heterocycles. The number of nitrogens with zero attached hydrogens (tertiary/aromatic N) is 2. The smallest absolute Gasteiger partial charge is 0.379 e. The first-order valence-electron chi connectivity index (χ1n) is 13.7. The molecule has 2 N–H and O–H groups in total. The molecule has 2 atom stereocenters. The molecule has 1 fully saturated rings. The average molecular weight is 560 g/mol. The van der Waals surface area contributed by atoms with E-state index in [1.54, 1.807) is 19.1 Å². The summed E-state index contributed by atoms with van der Waals surface area (Å²) in [6.45, 7) is 7.84. The zero-order valence-electron chi connectivity index (χ0n) is 22.7. The maximum atomic E-state index is 11.9. The van der Waals surface area contributed by atoms with E-state index in [0.717, 1.165) is 59.3 Å². The van der Waals surface area contributed by atoms with Crippen molar-refractivity contribution >= 4 is 51.8 Å². The monoisotopic (exact) mass is 559 g/mol. The summed E-state index contributed by atoms with van der Waals surface area (Å²) in [5.74, 6) is 1.92. The van der Waals surface area contributed by atoms with Crippen LogP contribution in [0.15, 0.2) is 71.0 Å². The van der Waals surface area contributed by atoms with Crippen LogP contribution >= 0.6 is 11.6 Å². The van der Waals surface area contributed by atoms with Gasteiger partial charge in [-0.2, -0.15) is 4.57 Å². The third-order valence-electron chi connectivity index (χ3n) is 7.19. The van der Waals surface area contributed by atoms with E-state index in [1.807, 2.05) is 42.5 Å². The van der Waals surface area contributed by atoms with E-state index in [9.17, 15) is 4.79 Å². The fourth-order valence-corrected chi connectivity index (χ4v) is 5.26. The van der Waals surface area contributed by atoms with Crippen LogP contribution in [-0.4, -0.2) is 31.2 Å². The van der Waals surface area contributed by atoms with Crippen molar-refractivity contribution in [2.75, 3.05) is 28.7 Å². The molecule has 8 nitrogen and oxygen atoms in total. The van der Waals surface area contributed by atoms with E-state index < -0.39 is 0 Å². The number of carbonyl (C=O) groups is 1. The molecule has 0 radical (unpaired) electrons. The minimum Gasteiger partial charge on any atom is -0.462 e. The molecule has 9 heteroatoms. The van der Waals surface area contributed by atoms with Gasteiger partial charge in [-0.25, -0.2) is 4.79 Å². The maximum absolute atomic E-state index is 11.9. The second kappa shape index (κ2) is 10.8. The lowest BCUT2D eigenvalue weighted by Gasteiger charge is -2.14. The summed E-state index contributed by atoms with van der Waals surface area (Å²) in [7, 11) is 0. The van der Waals surface area contributed by atoms with Gasteiger partial charge in [0.15, 0.2) is 5.75 Å². The Hall–Kier alpha value is -4.17. The number of benzene rings is 3. The second-order valence-electron chi connectivity index (χ2n) is 9.84. The molecule has 1 aliphatic carbocycles. The number of hydrogen-bond donors (Lipinski definition) is 2. The van der Waals surface area contributed by atoms with Crippen molar-refractivity contribution in [1.29, 1.82) is 0 Å². The van der Waals surface area contributed by atoms with Crippen molar-refractivity contribution in [2.24, 2.45) is 0 Å². The maximum Gasteiger partial charge on any atom is 0.379 e. The summed E-state index contributed by atoms with van der Waals surface area (Å²) in [4.78, 5) is 14.0. The van der Waals surface area contributed by atoms with Gasteiger partial charge in [0.05, 0.1) is 17.9 Å². The zero-order valence-corrected chi connectivity index (χ0v) is 23.5. The number of aryl methyl sites for hydroxylation is 1. The Kier molecular flexibility index (Phi) is 7.02. The Morgan fingerprint density at radius 3 is 2.52 bits per heavy atom. The molecule has 0 spiro atoms. The van der Waals surface area contributed by atoms with E-state index in [-0.39, 0.29) is 5.97 Å². The van der Waals surface area contributed by atoms with Crippen LogP contribution in [0.5, 0.6) is 5.75 Å². The fraction of sp³-hybridized carbons (Fsp3) is 0.290. The van der Waals surface area contributed by atoms with Gasteiger partial charge >= 0.3 is 11.9 Å². The van der Waals surface area contributed by atoms with Gasteiger partial charge in [-0.3, -0.25) is 0 Å². The summed E-state index contributed by atoms with van der Waals surface area (Å²) in [6.07, 6.45) is 2.95. The second-order valence-corrected chi connectivity index (χ2v) is 10.3. The molecule has 1 saturated carbocycles. The van der Waals surface area contributed by atoms with Crippen LogP contribution in [0.2, 0.25) is 5.02 Å². The summed E-state index contributed by atoms with van der Waals surface area (Å²) in [6, 6.07) is 19.9. The van der Waals surface area contributed by atoms with Gasteiger partial charge in [0.2, 0.25) is 11.5 Å². The number of oxazole rings is 1. The van der Waals surface area contributed by atoms with E-state index in [0.29, 0.717) is 35.2 Å². The van der Waals surface area contributed by atoms with Crippen LogP contribution in [0, 0.1) is 0 Å². The van der Waals surface area contributed by atoms with E-state index >= 15 is 0 Å². The quantitative estimate of drug-likeness (QED) is 0.180. The Balaban J connectivity index is 1.16. The van der Waals surface area contributed by atoms with Crippen molar-refractivity contribution in [3.63, 3.8) is 0 Å². The molecule has 206 valence electrons. The highest BCUT2D eigenvalue weighted by molar-refractivity contribution is 6.31. The number of anilines is 3. The van der Waals surface area contributed by atoms with Gasteiger partial charge in [0.1, 0.15) is 12.6 Å². The topological polar surface area (TPSA) is 79.8 Å². The van der Waals surface area contributed by atoms with Gasteiger partial charge in [-0.15, -0.1) is 0 Å². The van der Waals surface area contributed by atoms with E-state index in [1.165, 1.54) is 0 Å². The van der Waals surface area contributed by atoms with Crippen LogP contribution in [0.1, 0.15) is 43.4 Å². The van der Waals surface area contributed by atoms with E-state index in [2.05, 4.69) is 46.1 Å². The number of hydrogen-bond acceptors (Lipinski definition) is 7. The molecule has 2 heterocycles. The number of nitrogens with one attached hydrogen (secondary N) is 2. The van der Waals surface area contributed by atoms with Gasteiger partial charge in [0, 0.05) is 41.1 Å². The minimum absolute atomic E-state index is 0.299. The first kappa shape index (κ1) is 26.1. The number of carbonyl (C=O) groups excluding carboxylic acids is 1. The van der Waals surface area contributed by atoms with Crippen LogP contribution in [0.25, 0.3) is 17.2 Å². The minimum atomic E-state index is -0.299. The molecule has 2 aliphatic rings. The third kappa shape index (κ3) is 5.07. The first-order valence-corrected chi connectivity index (χ1v) is 14.1. The number of ether oxygens (including phenoxy) is 2. The highest BCUT2D eigenvalue weighted by Gasteiger charge is 2.37. The first-order chi connectivity index (χ1) is 19.5. The highest BCUT2D eigenvalue weighted by atomic mass is 35.5. The normalized spacial score (nSPS) is 18.5. The molecular weight excluding hydrogens is 528 g/mol. The standard InChI is InChI=1S/C31H31ClN4O4/c1-4-35-25-15-20(32)9-13-27(25)39-29(35)18-30-36(5-2)26-16-22(12-14-28(26)40-30)34-24-17-23(24)33-21-10-7-19(8-11-21)31(37)38-6-3/h7-16,18,23-24,34H,4-6,17H2,1-3H3/p+1. The summed E-state index contributed by atoms with van der Waals surface area (Å²) < 4.78 is 19.6. The van der Waals surface area contributed by atoms with Crippen molar-refractivity contribution in [2.45, 2.75) is 45.8 Å². The highest BCUT2D eigenvalue weighted by Crippen LogP contribution is 2.41. The molecule has 6 rings (SSSR count). The van der Waals surface area contributed by atoms with E-state index in [4.69, 9.17) is 25.5 Å². The molecular formula is C31H32ClN4O4+. The SMILES string of the molecule is CCOC(=O)c1ccc(NC2CC2Nc2ccc3oc(C=C4Oc5ccc(Cl)cc5N4CC)[n+](CC)c3c2)cc1. The number of halogens is 1. The predicted octanol–water partition coefficient (Wildman–Crippen LogP) is 6.45. The molecule has 2 unspecified atom stereocenters. The summed E-state index contributed by atoms with van der Waals surface area (Å²) in [5, 5.41) is 7.85. The molecule has 3 aromatic carbocycles. The van der Waals surface area contributed by atoms with Gasteiger partial charge in [0.25, 0.3) is 5.52 Å². The Labute approximate surface area is 238 Å². The number of fused-ring (bicyclic) bond motifs is 2. The van der Waals surface area contributed by atoms with Gasteiger partial charge in [-0.05, 0) is 81.8 Å². The van der Waals surface area contributed by atoms with Gasteiger partial charge < -0.3 is 29.4 Å². The lowest BCUT2D eigenvalue weighted by molar-refractivity contribution is -0.674. The van der Waals surface area contributed by atoms with Crippen LogP contribution in [0.4, 0.5) is 17.1 Å². The van der Waals surface area contributed by atoms with Crippen molar-refractivity contribution < 1.29 is 23.3 Å². The van der Waals surface area contributed by atoms with Crippen LogP contribution in [0.3, 0.4) is 0 Å². The fourth-order valence-electron chi connectivity index (χ4n) is 5.10. The number of aromatic nitrogens is 1. The Morgan fingerprint density at radius 1 is 1.05 bits per heavy atom. The molecule has 1 aromatic heterocycles. The summed E-state index contributed by atoms with van der Waals surface area (Å²) in [5.41, 5.74) is 5.36. The number of esters is 1. The third-order valence-corrected chi connectivity index (χ3v) is 7.43. The lowest BCUT2D eigenvalue weighted by Crippen LogP contribution is -2.34. The average Bonchev–Trinajstić information content (AvgIpc) is 3.43. The van der Waals surface area contributed by atoms with Crippen molar-refractivity contribution in [1.82, 2.24) is 0 Å². The molecule has 0 amide bonds. The van der Waals surface area contributed by atoms with Crippen molar-refractivity contribution in [3.8, 4) is 5.75 Å². The Morgan fingerprint density at radius 2 is 1.80 bits per heavy atom. The predicted molar refractivity (Wildman–Crippen MR) is 157 cm³/mol. The molecule has 4 aromatic rings. The zero-order chi connectivity index (χ0) is 27.8.